The number of hydrogen-bond acceptors (Lipinski definition) is 8. The van der Waals surface area contributed by atoms with Gasteiger partial charge in [-0.15, -0.1) is 0 Å². The molecule has 4 heterocycles. The monoisotopic (exact) mass is 642 g/mol. The van der Waals surface area contributed by atoms with Crippen molar-refractivity contribution in [1.82, 2.24) is 10.0 Å². The first-order chi connectivity index (χ1) is 23.5. The van der Waals surface area contributed by atoms with Crippen LogP contribution in [0.1, 0.15) is 37.1 Å². The highest BCUT2D eigenvalue weighted by Gasteiger charge is 2.73. The molecular weight excluding hydrogens is 608 g/mol. The van der Waals surface area contributed by atoms with E-state index < -0.39 is 47.8 Å². The zero-order chi connectivity index (χ0) is 33.1. The molecule has 6 unspecified atom stereocenters. The third-order valence-electron chi connectivity index (χ3n) is 9.82. The summed E-state index contributed by atoms with van der Waals surface area (Å²) in [5.74, 6) is -2.43. The maximum Gasteiger partial charge on any atom is 0.253 e. The average molecular weight is 643 g/mol. The van der Waals surface area contributed by atoms with Crippen LogP contribution in [0.3, 0.4) is 0 Å². The fourth-order valence-electron chi connectivity index (χ4n) is 8.11. The SMILES string of the molecule is CCOc1ccccc1N1C(=O)C2C(C1=O)N1C(c3ccccc3)C3C(=O)N(c4ccccc4OCC)C(=O)C3N1C2c1ccccc1. The first-order valence-electron chi connectivity index (χ1n) is 16.3. The second-order valence-electron chi connectivity index (χ2n) is 12.2. The minimum Gasteiger partial charge on any atom is -0.492 e. The van der Waals surface area contributed by atoms with Crippen LogP contribution in [0.4, 0.5) is 11.4 Å². The van der Waals surface area contributed by atoms with E-state index in [0.717, 1.165) is 11.1 Å². The van der Waals surface area contributed by atoms with Crippen molar-refractivity contribution in [1.29, 1.82) is 0 Å². The Bertz CT molecular complexity index is 1780. The lowest BCUT2D eigenvalue weighted by atomic mass is 9.84. The Balaban J connectivity index is 1.31. The number of fused-ring (bicyclic) bond motifs is 5. The molecule has 4 aromatic rings. The lowest BCUT2D eigenvalue weighted by Gasteiger charge is -2.36. The minimum atomic E-state index is -0.960. The summed E-state index contributed by atoms with van der Waals surface area (Å²) < 4.78 is 11.7. The second-order valence-corrected chi connectivity index (χ2v) is 12.2. The molecular formula is C38H34N4O6. The van der Waals surface area contributed by atoms with Crippen LogP contribution in [0.2, 0.25) is 0 Å². The maximum absolute atomic E-state index is 14.7. The quantitative estimate of drug-likeness (QED) is 0.250. The van der Waals surface area contributed by atoms with Crippen LogP contribution in [-0.4, -0.2) is 58.9 Å². The number of rotatable bonds is 8. The number of para-hydroxylation sites is 4. The van der Waals surface area contributed by atoms with E-state index in [-0.39, 0.29) is 11.8 Å². The number of amides is 4. The Labute approximate surface area is 278 Å². The molecule has 4 fully saturated rings. The molecule has 4 amide bonds. The van der Waals surface area contributed by atoms with Gasteiger partial charge >= 0.3 is 0 Å². The van der Waals surface area contributed by atoms with Gasteiger partial charge in [-0.2, -0.15) is 0 Å². The van der Waals surface area contributed by atoms with E-state index in [2.05, 4.69) is 0 Å². The lowest BCUT2D eigenvalue weighted by Crippen LogP contribution is -2.50. The molecule has 4 saturated heterocycles. The highest BCUT2D eigenvalue weighted by Crippen LogP contribution is 2.60. The molecule has 8 rings (SSSR count). The molecule has 4 aliphatic rings. The van der Waals surface area contributed by atoms with Gasteiger partial charge in [-0.25, -0.2) is 19.8 Å². The van der Waals surface area contributed by atoms with Crippen molar-refractivity contribution in [3.63, 3.8) is 0 Å². The van der Waals surface area contributed by atoms with Crippen LogP contribution in [0.5, 0.6) is 11.5 Å². The Morgan fingerprint density at radius 3 is 1.19 bits per heavy atom. The van der Waals surface area contributed by atoms with Crippen molar-refractivity contribution in [2.45, 2.75) is 38.0 Å². The smallest absolute Gasteiger partial charge is 0.253 e. The standard InChI is InChI=1S/C38H34N4O6/c1-3-47-27-21-13-11-19-25(27)39-35(43)29-31(23-15-7-5-8-16-23)42-34-30(32(24-17-9-6-10-18-24)41(42)33(29)37(39)45)36(44)40(38(34)46)26-20-12-14-22-28(26)48-4-2/h5-22,29-34H,3-4H2,1-2H3. The lowest BCUT2D eigenvalue weighted by molar-refractivity contribution is -0.136. The Morgan fingerprint density at radius 2 is 0.812 bits per heavy atom. The van der Waals surface area contributed by atoms with Crippen molar-refractivity contribution in [2.75, 3.05) is 23.0 Å². The van der Waals surface area contributed by atoms with E-state index in [1.807, 2.05) is 84.5 Å². The number of carbonyl (C=O) groups is 4. The van der Waals surface area contributed by atoms with Crippen molar-refractivity contribution in [3.8, 4) is 11.5 Å². The number of hydrogen-bond donors (Lipinski definition) is 0. The number of anilines is 2. The summed E-state index contributed by atoms with van der Waals surface area (Å²) >= 11 is 0. The molecule has 48 heavy (non-hydrogen) atoms. The maximum atomic E-state index is 14.7. The van der Waals surface area contributed by atoms with Gasteiger partial charge in [-0.1, -0.05) is 84.9 Å². The second kappa shape index (κ2) is 11.7. The third-order valence-corrected chi connectivity index (χ3v) is 9.82. The summed E-state index contributed by atoms with van der Waals surface area (Å²) in [6.07, 6.45) is 0. The molecule has 0 bridgehead atoms. The molecule has 10 nitrogen and oxygen atoms in total. The summed E-state index contributed by atoms with van der Waals surface area (Å²) in [6.45, 7) is 4.42. The van der Waals surface area contributed by atoms with Gasteiger partial charge in [0.05, 0.1) is 48.5 Å². The van der Waals surface area contributed by atoms with E-state index >= 15 is 0 Å². The van der Waals surface area contributed by atoms with Crippen LogP contribution in [-0.2, 0) is 19.2 Å². The first kappa shape index (κ1) is 30.0. The van der Waals surface area contributed by atoms with E-state index in [0.29, 0.717) is 36.1 Å². The molecule has 0 N–H and O–H groups in total. The predicted molar refractivity (Wildman–Crippen MR) is 177 cm³/mol. The molecule has 0 aliphatic carbocycles. The molecule has 242 valence electrons. The molecule has 0 spiro atoms. The van der Waals surface area contributed by atoms with Crippen LogP contribution >= 0.6 is 0 Å². The predicted octanol–water partition coefficient (Wildman–Crippen LogP) is 4.93. The highest BCUT2D eigenvalue weighted by atomic mass is 16.5. The van der Waals surface area contributed by atoms with Gasteiger partial charge < -0.3 is 9.47 Å². The summed E-state index contributed by atoms with van der Waals surface area (Å²) in [5.41, 5.74) is 2.31. The molecule has 4 aromatic carbocycles. The Kier molecular flexibility index (Phi) is 7.34. The summed E-state index contributed by atoms with van der Waals surface area (Å²) in [6, 6.07) is 29.7. The van der Waals surface area contributed by atoms with Crippen molar-refractivity contribution in [2.24, 2.45) is 11.8 Å². The van der Waals surface area contributed by atoms with Gasteiger partial charge in [0.1, 0.15) is 23.6 Å². The van der Waals surface area contributed by atoms with E-state index in [9.17, 15) is 19.2 Å². The molecule has 6 atom stereocenters. The molecule has 10 heteroatoms. The Hall–Kier alpha value is -5.32. The Morgan fingerprint density at radius 1 is 0.458 bits per heavy atom. The topological polar surface area (TPSA) is 99.7 Å². The van der Waals surface area contributed by atoms with E-state index in [4.69, 9.17) is 9.47 Å². The van der Waals surface area contributed by atoms with Gasteiger partial charge in [-0.05, 0) is 49.2 Å². The first-order valence-corrected chi connectivity index (χ1v) is 16.3. The van der Waals surface area contributed by atoms with Gasteiger partial charge in [0.2, 0.25) is 11.8 Å². The number of benzene rings is 4. The fourth-order valence-corrected chi connectivity index (χ4v) is 8.11. The normalized spacial score (nSPS) is 26.6. The molecule has 0 radical (unpaired) electrons. The average Bonchev–Trinajstić information content (AvgIpc) is 3.78. The van der Waals surface area contributed by atoms with Crippen LogP contribution in [0.15, 0.2) is 109 Å². The molecule has 4 aliphatic heterocycles. The van der Waals surface area contributed by atoms with E-state index in [1.165, 1.54) is 9.80 Å². The van der Waals surface area contributed by atoms with Crippen molar-refractivity contribution < 1.29 is 28.7 Å². The largest absolute Gasteiger partial charge is 0.492 e. The molecule has 0 aromatic heterocycles. The van der Waals surface area contributed by atoms with Gasteiger partial charge in [-0.3, -0.25) is 19.2 Å². The molecule has 0 saturated carbocycles. The fraction of sp³-hybridized carbons (Fsp3) is 0.263. The van der Waals surface area contributed by atoms with Crippen LogP contribution in [0.25, 0.3) is 0 Å². The summed E-state index contributed by atoms with van der Waals surface area (Å²) in [7, 11) is 0. The highest BCUT2D eigenvalue weighted by molar-refractivity contribution is 6.26. The summed E-state index contributed by atoms with van der Waals surface area (Å²) in [4.78, 5) is 61.2. The van der Waals surface area contributed by atoms with Gasteiger partial charge in [0, 0.05) is 0 Å². The van der Waals surface area contributed by atoms with Crippen molar-refractivity contribution >= 4 is 35.0 Å². The van der Waals surface area contributed by atoms with Crippen molar-refractivity contribution in [3.05, 3.63) is 120 Å². The number of ether oxygens (including phenoxy) is 2. The minimum absolute atomic E-state index is 0.360. The third kappa shape index (κ3) is 4.26. The van der Waals surface area contributed by atoms with Crippen LogP contribution < -0.4 is 19.3 Å². The number of carbonyl (C=O) groups excluding carboxylic acids is 4. The van der Waals surface area contributed by atoms with Gasteiger partial charge in [0.15, 0.2) is 0 Å². The van der Waals surface area contributed by atoms with Crippen LogP contribution in [0, 0.1) is 11.8 Å². The zero-order valence-electron chi connectivity index (χ0n) is 26.5. The number of hydrazine groups is 1. The zero-order valence-corrected chi connectivity index (χ0v) is 26.5. The van der Waals surface area contributed by atoms with Gasteiger partial charge in [0.25, 0.3) is 11.8 Å². The number of imide groups is 2. The summed E-state index contributed by atoms with van der Waals surface area (Å²) in [5, 5.41) is 3.75. The number of nitrogens with zero attached hydrogens (tertiary/aromatic N) is 4. The van der Waals surface area contributed by atoms with E-state index in [1.54, 1.807) is 48.5 Å².